The highest BCUT2D eigenvalue weighted by molar-refractivity contribution is 6.28. The highest BCUT2D eigenvalue weighted by Gasteiger charge is 2.29. The maximum atomic E-state index is 12.8. The van der Waals surface area contributed by atoms with E-state index in [0.29, 0.717) is 28.3 Å². The number of esters is 1. The summed E-state index contributed by atoms with van der Waals surface area (Å²) in [5, 5.41) is 2.61. The molecule has 0 radical (unpaired) electrons. The average molecular weight is 429 g/mol. The van der Waals surface area contributed by atoms with Gasteiger partial charge in [-0.15, -0.1) is 0 Å². The van der Waals surface area contributed by atoms with E-state index in [4.69, 9.17) is 9.15 Å². The fraction of sp³-hybridized carbons (Fsp3) is 0.120. The van der Waals surface area contributed by atoms with Crippen molar-refractivity contribution in [1.82, 2.24) is 0 Å². The first kappa shape index (κ1) is 21.0. The van der Waals surface area contributed by atoms with E-state index in [1.165, 1.54) is 37.3 Å². The highest BCUT2D eigenvalue weighted by Crippen LogP contribution is 2.29. The van der Waals surface area contributed by atoms with Crippen molar-refractivity contribution in [2.75, 3.05) is 5.32 Å². The van der Waals surface area contributed by atoms with Crippen molar-refractivity contribution in [3.63, 3.8) is 0 Å². The van der Waals surface area contributed by atoms with Gasteiger partial charge in [0.05, 0.1) is 0 Å². The smallest absolute Gasteiger partial charge is 0.331 e. The molecule has 0 saturated heterocycles. The largest absolute Gasteiger partial charge is 0.462 e. The second-order valence-electron chi connectivity index (χ2n) is 7.31. The molecule has 32 heavy (non-hydrogen) atoms. The molecule has 1 amide bonds. The van der Waals surface area contributed by atoms with Crippen LogP contribution in [0.25, 0.3) is 6.08 Å². The van der Waals surface area contributed by atoms with Gasteiger partial charge in [-0.25, -0.2) is 4.79 Å². The number of carbonyl (C=O) groups is 4. The minimum absolute atomic E-state index is 0.216. The Morgan fingerprint density at radius 3 is 2.25 bits per heavy atom. The van der Waals surface area contributed by atoms with Crippen LogP contribution in [-0.4, -0.2) is 29.5 Å². The minimum atomic E-state index is -1.08. The Labute approximate surface area is 183 Å². The van der Waals surface area contributed by atoms with Crippen LogP contribution in [0.2, 0.25) is 0 Å². The first-order valence-electron chi connectivity index (χ1n) is 9.92. The Bertz CT molecular complexity index is 1280. The van der Waals surface area contributed by atoms with Crippen molar-refractivity contribution >= 4 is 35.2 Å². The number of anilines is 1. The summed E-state index contributed by atoms with van der Waals surface area (Å²) in [7, 11) is 0. The van der Waals surface area contributed by atoms with Gasteiger partial charge >= 0.3 is 5.97 Å². The van der Waals surface area contributed by atoms with Crippen molar-refractivity contribution in [1.29, 1.82) is 0 Å². The lowest BCUT2D eigenvalue weighted by atomic mass is 9.84. The molecule has 7 heteroatoms. The molecular formula is C25H19NO6. The quantitative estimate of drug-likeness (QED) is 0.381. The summed E-state index contributed by atoms with van der Waals surface area (Å²) >= 11 is 0. The summed E-state index contributed by atoms with van der Waals surface area (Å²) in [6.45, 7) is 3.21. The van der Waals surface area contributed by atoms with E-state index in [-0.39, 0.29) is 22.7 Å². The van der Waals surface area contributed by atoms with Crippen molar-refractivity contribution in [2.24, 2.45) is 0 Å². The molecule has 7 nitrogen and oxygen atoms in total. The monoisotopic (exact) mass is 429 g/mol. The van der Waals surface area contributed by atoms with Gasteiger partial charge in [0.15, 0.2) is 17.7 Å². The van der Waals surface area contributed by atoms with E-state index in [1.807, 2.05) is 0 Å². The maximum absolute atomic E-state index is 12.8. The second-order valence-corrected chi connectivity index (χ2v) is 7.31. The van der Waals surface area contributed by atoms with E-state index >= 15 is 0 Å². The van der Waals surface area contributed by atoms with Crippen LogP contribution in [0.3, 0.4) is 0 Å². The molecule has 1 aromatic heterocycles. The Balaban J connectivity index is 1.43. The van der Waals surface area contributed by atoms with Gasteiger partial charge in [0.1, 0.15) is 11.5 Å². The molecule has 0 saturated carbocycles. The third kappa shape index (κ3) is 4.13. The number of amides is 1. The number of benzene rings is 2. The molecule has 4 rings (SSSR count). The lowest BCUT2D eigenvalue weighted by molar-refractivity contribution is -0.148. The van der Waals surface area contributed by atoms with Crippen molar-refractivity contribution < 1.29 is 28.3 Å². The number of ketones is 2. The van der Waals surface area contributed by atoms with E-state index in [1.54, 1.807) is 43.3 Å². The molecule has 1 heterocycles. The molecule has 160 valence electrons. The number of rotatable bonds is 5. The Morgan fingerprint density at radius 2 is 1.59 bits per heavy atom. The first-order valence-corrected chi connectivity index (χ1v) is 9.92. The van der Waals surface area contributed by atoms with E-state index in [2.05, 4.69) is 5.32 Å². The normalized spacial score (nSPS) is 13.4. The van der Waals surface area contributed by atoms with E-state index in [9.17, 15) is 19.2 Å². The molecular weight excluding hydrogens is 410 g/mol. The summed E-state index contributed by atoms with van der Waals surface area (Å²) in [6.07, 6.45) is 1.53. The number of hydrogen-bond donors (Lipinski definition) is 1. The van der Waals surface area contributed by atoms with Crippen LogP contribution in [0.15, 0.2) is 65.1 Å². The lowest BCUT2D eigenvalue weighted by Crippen LogP contribution is -2.29. The molecule has 1 aliphatic carbocycles. The lowest BCUT2D eigenvalue weighted by Gasteiger charge is -2.18. The van der Waals surface area contributed by atoms with Crippen LogP contribution in [0.4, 0.5) is 5.69 Å². The summed E-state index contributed by atoms with van der Waals surface area (Å²) in [6, 6.07) is 14.6. The number of carbonyl (C=O) groups excluding carboxylic acids is 4. The molecule has 1 N–H and O–H groups in total. The summed E-state index contributed by atoms with van der Waals surface area (Å²) in [5.74, 6) is -0.607. The predicted molar refractivity (Wildman–Crippen MR) is 116 cm³/mol. The zero-order valence-corrected chi connectivity index (χ0v) is 17.4. The molecule has 0 fully saturated rings. The minimum Gasteiger partial charge on any atom is -0.462 e. The van der Waals surface area contributed by atoms with Crippen LogP contribution >= 0.6 is 0 Å². The molecule has 2 aromatic carbocycles. The van der Waals surface area contributed by atoms with Gasteiger partial charge in [0.25, 0.3) is 5.91 Å². The van der Waals surface area contributed by atoms with Gasteiger partial charge in [0.2, 0.25) is 0 Å². The molecule has 3 aromatic rings. The maximum Gasteiger partial charge on any atom is 0.331 e. The van der Waals surface area contributed by atoms with E-state index < -0.39 is 18.0 Å². The predicted octanol–water partition coefficient (Wildman–Crippen LogP) is 3.95. The molecule has 0 spiro atoms. The molecule has 0 aliphatic heterocycles. The van der Waals surface area contributed by atoms with Crippen molar-refractivity contribution in [3.05, 3.63) is 94.4 Å². The number of ether oxygens (including phenoxy) is 1. The summed E-state index contributed by atoms with van der Waals surface area (Å²) in [4.78, 5) is 49.9. The number of furan rings is 1. The number of nitrogens with one attached hydrogen (secondary N) is 1. The third-order valence-electron chi connectivity index (χ3n) is 5.00. The Hall–Kier alpha value is -4.26. The van der Waals surface area contributed by atoms with Crippen LogP contribution in [0.5, 0.6) is 0 Å². The molecule has 1 aliphatic rings. The van der Waals surface area contributed by atoms with Crippen LogP contribution < -0.4 is 5.32 Å². The van der Waals surface area contributed by atoms with Crippen molar-refractivity contribution in [3.8, 4) is 0 Å². The highest BCUT2D eigenvalue weighted by atomic mass is 16.5. The zero-order chi connectivity index (χ0) is 22.8. The molecule has 1 atom stereocenters. The van der Waals surface area contributed by atoms with Crippen LogP contribution in [-0.2, 0) is 14.3 Å². The topological polar surface area (TPSA) is 103 Å². The Morgan fingerprint density at radius 1 is 0.938 bits per heavy atom. The molecule has 1 unspecified atom stereocenters. The van der Waals surface area contributed by atoms with Gasteiger partial charge in [-0.05, 0) is 50.3 Å². The van der Waals surface area contributed by atoms with Crippen LogP contribution in [0, 0.1) is 6.92 Å². The standard InChI is InChI=1S/C25H19NO6/c1-14-7-9-17(31-14)10-12-22(27)32-15(2)25(30)26-16-8-11-20-21(13-16)24(29)19-6-4-3-5-18(19)23(20)28/h3-13,15H,1-2H3,(H,26,30)/b12-10+. The van der Waals surface area contributed by atoms with Crippen molar-refractivity contribution in [2.45, 2.75) is 20.0 Å². The Kier molecular flexibility index (Phi) is 5.55. The summed E-state index contributed by atoms with van der Waals surface area (Å²) < 4.78 is 10.4. The number of aryl methyl sites for hydroxylation is 1. The van der Waals surface area contributed by atoms with Crippen LogP contribution in [0.1, 0.15) is 50.3 Å². The fourth-order valence-electron chi connectivity index (χ4n) is 3.38. The number of fused-ring (bicyclic) bond motifs is 2. The van der Waals surface area contributed by atoms with Gasteiger partial charge < -0.3 is 14.5 Å². The number of hydrogen-bond acceptors (Lipinski definition) is 6. The van der Waals surface area contributed by atoms with E-state index in [0.717, 1.165) is 0 Å². The molecule has 0 bridgehead atoms. The SMILES string of the molecule is Cc1ccc(/C=C/C(=O)OC(C)C(=O)Nc2ccc3c(c2)C(=O)c2ccccc2C3=O)o1. The fourth-order valence-corrected chi connectivity index (χ4v) is 3.38. The average Bonchev–Trinajstić information content (AvgIpc) is 3.21. The summed E-state index contributed by atoms with van der Waals surface area (Å²) in [5.41, 5.74) is 1.51. The van der Waals surface area contributed by atoms with Gasteiger partial charge in [-0.3, -0.25) is 14.4 Å². The second kappa shape index (κ2) is 8.47. The van der Waals surface area contributed by atoms with Gasteiger partial charge in [0, 0.05) is 34.0 Å². The third-order valence-corrected chi connectivity index (χ3v) is 5.00. The van der Waals surface area contributed by atoms with Gasteiger partial charge in [-0.2, -0.15) is 0 Å². The first-order chi connectivity index (χ1) is 15.3. The zero-order valence-electron chi connectivity index (χ0n) is 17.4. The van der Waals surface area contributed by atoms with Gasteiger partial charge in [-0.1, -0.05) is 24.3 Å².